The standard InChI is InChI=1S/C32H38N4O3/c1-35(29(37)14-8-17-32(34)18-9-19-32)28(22-24-15-16-25-12-6-7-13-26(25)20-24)31(39)36(2)27(30(33)38)21-23-10-4-3-5-11-23/h3-8,10-16,20,27-28H,9,17-19,21-22,34H2,1-2H3,(H2,33,38). The fourth-order valence-corrected chi connectivity index (χ4v) is 5.13. The first-order valence-electron chi connectivity index (χ1n) is 13.5. The van der Waals surface area contributed by atoms with Gasteiger partial charge in [-0.05, 0) is 53.7 Å². The summed E-state index contributed by atoms with van der Waals surface area (Å²) in [7, 11) is 3.21. The maximum atomic E-state index is 14.0. The minimum absolute atomic E-state index is 0.234. The van der Waals surface area contributed by atoms with Gasteiger partial charge in [0.2, 0.25) is 17.7 Å². The Morgan fingerprint density at radius 3 is 2.13 bits per heavy atom. The Morgan fingerprint density at radius 1 is 0.846 bits per heavy atom. The highest BCUT2D eigenvalue weighted by molar-refractivity contribution is 5.95. The summed E-state index contributed by atoms with van der Waals surface area (Å²) < 4.78 is 0. The number of nitrogens with two attached hydrogens (primary N) is 2. The first-order valence-corrected chi connectivity index (χ1v) is 13.5. The number of carbonyl (C=O) groups excluding carboxylic acids is 3. The summed E-state index contributed by atoms with van der Waals surface area (Å²) in [4.78, 5) is 42.5. The van der Waals surface area contributed by atoms with Crippen LogP contribution in [-0.4, -0.2) is 59.2 Å². The first kappa shape index (κ1) is 28.0. The van der Waals surface area contributed by atoms with Gasteiger partial charge in [0.1, 0.15) is 12.1 Å². The number of carbonyl (C=O) groups is 3. The number of rotatable bonds is 11. The number of hydrogen-bond acceptors (Lipinski definition) is 4. The van der Waals surface area contributed by atoms with Gasteiger partial charge in [0.15, 0.2) is 0 Å². The van der Waals surface area contributed by atoms with Gasteiger partial charge in [0.05, 0.1) is 0 Å². The molecule has 0 saturated heterocycles. The number of benzene rings is 3. The fraction of sp³-hybridized carbons (Fsp3) is 0.344. The van der Waals surface area contributed by atoms with Crippen molar-refractivity contribution in [2.45, 2.75) is 56.1 Å². The molecular formula is C32H38N4O3. The molecule has 1 saturated carbocycles. The second-order valence-electron chi connectivity index (χ2n) is 10.7. The van der Waals surface area contributed by atoms with Crippen LogP contribution in [0.4, 0.5) is 0 Å². The van der Waals surface area contributed by atoms with Gasteiger partial charge < -0.3 is 21.3 Å². The van der Waals surface area contributed by atoms with Crippen LogP contribution in [0.3, 0.4) is 0 Å². The highest BCUT2D eigenvalue weighted by atomic mass is 16.2. The van der Waals surface area contributed by atoms with Crippen LogP contribution in [0.2, 0.25) is 0 Å². The minimum Gasteiger partial charge on any atom is -0.368 e. The average Bonchev–Trinajstić information content (AvgIpc) is 2.92. The van der Waals surface area contributed by atoms with Gasteiger partial charge in [-0.1, -0.05) is 78.9 Å². The van der Waals surface area contributed by atoms with Gasteiger partial charge in [-0.2, -0.15) is 0 Å². The molecule has 204 valence electrons. The highest BCUT2D eigenvalue weighted by Crippen LogP contribution is 2.32. The normalized spacial score (nSPS) is 15.9. The summed E-state index contributed by atoms with van der Waals surface area (Å²) in [5, 5.41) is 2.15. The number of hydrogen-bond donors (Lipinski definition) is 2. The molecule has 0 heterocycles. The zero-order valence-corrected chi connectivity index (χ0v) is 22.8. The smallest absolute Gasteiger partial charge is 0.246 e. The Hall–Kier alpha value is -3.97. The van der Waals surface area contributed by atoms with Crippen molar-refractivity contribution in [3.05, 3.63) is 96.1 Å². The lowest BCUT2D eigenvalue weighted by Crippen LogP contribution is -2.55. The number of fused-ring (bicyclic) bond motifs is 1. The van der Waals surface area contributed by atoms with Crippen LogP contribution in [0.15, 0.2) is 84.9 Å². The second kappa shape index (κ2) is 12.3. The molecule has 3 amide bonds. The SMILES string of the molecule is CN(C(=O)C=CCC1(N)CCC1)C(Cc1ccc2ccccc2c1)C(=O)N(C)C(Cc1ccccc1)C(N)=O. The van der Waals surface area contributed by atoms with Crippen LogP contribution >= 0.6 is 0 Å². The van der Waals surface area contributed by atoms with E-state index in [9.17, 15) is 14.4 Å². The molecule has 0 bridgehead atoms. The van der Waals surface area contributed by atoms with Gasteiger partial charge >= 0.3 is 0 Å². The molecule has 7 nitrogen and oxygen atoms in total. The summed E-state index contributed by atoms with van der Waals surface area (Å²) >= 11 is 0. The van der Waals surface area contributed by atoms with Crippen LogP contribution in [0.5, 0.6) is 0 Å². The van der Waals surface area contributed by atoms with Crippen molar-refractivity contribution >= 4 is 28.5 Å². The van der Waals surface area contributed by atoms with Crippen molar-refractivity contribution < 1.29 is 14.4 Å². The first-order chi connectivity index (χ1) is 18.7. The summed E-state index contributed by atoms with van der Waals surface area (Å²) in [6.07, 6.45) is 7.52. The Labute approximate surface area is 230 Å². The number of nitrogens with zero attached hydrogens (tertiary/aromatic N) is 2. The number of likely N-dealkylation sites (N-methyl/N-ethyl adjacent to an activating group) is 2. The molecule has 1 fully saturated rings. The zero-order chi connectivity index (χ0) is 28.0. The summed E-state index contributed by atoms with van der Waals surface area (Å²) in [6.45, 7) is 0. The largest absolute Gasteiger partial charge is 0.368 e. The van der Waals surface area contributed by atoms with Crippen LogP contribution in [0.1, 0.15) is 36.8 Å². The van der Waals surface area contributed by atoms with E-state index in [1.165, 1.54) is 15.9 Å². The Morgan fingerprint density at radius 2 is 1.49 bits per heavy atom. The maximum Gasteiger partial charge on any atom is 0.246 e. The molecule has 2 unspecified atom stereocenters. The molecular weight excluding hydrogens is 488 g/mol. The van der Waals surface area contributed by atoms with E-state index in [0.717, 1.165) is 41.2 Å². The summed E-state index contributed by atoms with van der Waals surface area (Å²) in [5.41, 5.74) is 13.6. The van der Waals surface area contributed by atoms with Crippen LogP contribution in [0.25, 0.3) is 10.8 Å². The molecule has 1 aliphatic carbocycles. The van der Waals surface area contributed by atoms with Crippen molar-refractivity contribution in [3.63, 3.8) is 0 Å². The predicted octanol–water partition coefficient (Wildman–Crippen LogP) is 3.59. The Balaban J connectivity index is 1.59. The van der Waals surface area contributed by atoms with Crippen LogP contribution in [-0.2, 0) is 27.2 Å². The van der Waals surface area contributed by atoms with Gasteiger partial charge in [0, 0.05) is 32.5 Å². The zero-order valence-electron chi connectivity index (χ0n) is 22.8. The maximum absolute atomic E-state index is 14.0. The molecule has 3 aromatic carbocycles. The second-order valence-corrected chi connectivity index (χ2v) is 10.7. The topological polar surface area (TPSA) is 110 Å². The molecule has 2 atom stereocenters. The summed E-state index contributed by atoms with van der Waals surface area (Å²) in [5.74, 6) is -1.23. The van der Waals surface area contributed by atoms with E-state index in [4.69, 9.17) is 11.5 Å². The van der Waals surface area contributed by atoms with Crippen LogP contribution < -0.4 is 11.5 Å². The minimum atomic E-state index is -0.853. The third-order valence-corrected chi connectivity index (χ3v) is 7.89. The average molecular weight is 527 g/mol. The molecule has 4 N–H and O–H groups in total. The van der Waals surface area contributed by atoms with E-state index in [1.807, 2.05) is 72.8 Å². The molecule has 4 rings (SSSR count). The third kappa shape index (κ3) is 6.92. The van der Waals surface area contributed by atoms with Crippen molar-refractivity contribution in [1.82, 2.24) is 9.80 Å². The van der Waals surface area contributed by atoms with E-state index in [1.54, 1.807) is 20.2 Å². The number of primary amides is 1. The Kier molecular flexibility index (Phi) is 8.82. The van der Waals surface area contributed by atoms with Gasteiger partial charge in [0.25, 0.3) is 0 Å². The van der Waals surface area contributed by atoms with E-state index in [-0.39, 0.29) is 23.8 Å². The van der Waals surface area contributed by atoms with E-state index < -0.39 is 18.0 Å². The number of amides is 3. The lowest BCUT2D eigenvalue weighted by atomic mass is 9.75. The van der Waals surface area contributed by atoms with Gasteiger partial charge in [-0.15, -0.1) is 0 Å². The molecule has 0 aliphatic heterocycles. The third-order valence-electron chi connectivity index (χ3n) is 7.89. The predicted molar refractivity (Wildman–Crippen MR) is 155 cm³/mol. The molecule has 0 aromatic heterocycles. The lowest BCUT2D eigenvalue weighted by molar-refractivity contribution is -0.145. The van der Waals surface area contributed by atoms with Gasteiger partial charge in [-0.25, -0.2) is 0 Å². The molecule has 7 heteroatoms. The van der Waals surface area contributed by atoms with Crippen LogP contribution in [0, 0.1) is 0 Å². The molecule has 1 aliphatic rings. The fourth-order valence-electron chi connectivity index (χ4n) is 5.13. The quantitative estimate of drug-likeness (QED) is 0.372. The highest BCUT2D eigenvalue weighted by Gasteiger charge is 2.34. The van der Waals surface area contributed by atoms with Crippen molar-refractivity contribution in [2.75, 3.05) is 14.1 Å². The molecule has 39 heavy (non-hydrogen) atoms. The van der Waals surface area contributed by atoms with E-state index in [2.05, 4.69) is 0 Å². The summed E-state index contributed by atoms with van der Waals surface area (Å²) in [6, 6.07) is 21.8. The van der Waals surface area contributed by atoms with Crippen molar-refractivity contribution in [1.29, 1.82) is 0 Å². The van der Waals surface area contributed by atoms with Gasteiger partial charge in [-0.3, -0.25) is 14.4 Å². The molecule has 0 spiro atoms. The van der Waals surface area contributed by atoms with Crippen molar-refractivity contribution in [3.8, 4) is 0 Å². The molecule has 3 aromatic rings. The van der Waals surface area contributed by atoms with Crippen molar-refractivity contribution in [2.24, 2.45) is 11.5 Å². The monoisotopic (exact) mass is 526 g/mol. The van der Waals surface area contributed by atoms with E-state index >= 15 is 0 Å². The lowest BCUT2D eigenvalue weighted by Gasteiger charge is -2.37. The molecule has 0 radical (unpaired) electrons. The van der Waals surface area contributed by atoms with E-state index in [0.29, 0.717) is 12.8 Å². The Bertz CT molecular complexity index is 1350.